The smallest absolute Gasteiger partial charge is 0.248 e. The molecule has 9 N–H and O–H groups in total. The second-order valence-corrected chi connectivity index (χ2v) is 42.2. The van der Waals surface area contributed by atoms with E-state index in [1.165, 1.54) is 129 Å². The van der Waals surface area contributed by atoms with Gasteiger partial charge < -0.3 is 124 Å². The van der Waals surface area contributed by atoms with Gasteiger partial charge in [-0.1, -0.05) is 70.9 Å². The summed E-state index contributed by atoms with van der Waals surface area (Å²) in [4.78, 5) is 60.4. The van der Waals surface area contributed by atoms with Gasteiger partial charge in [0.25, 0.3) is 0 Å². The Kier molecular flexibility index (Phi) is 41.2. The number of aldehydes is 1. The monoisotopic (exact) mass is 2090 g/mol. The Hall–Kier alpha value is -11.2. The molecule has 0 spiro atoms. The highest BCUT2D eigenvalue weighted by atomic mass is 79.9. The van der Waals surface area contributed by atoms with E-state index in [9.17, 15) is 19.2 Å². The van der Waals surface area contributed by atoms with Crippen LogP contribution in [0.2, 0.25) is 0 Å². The van der Waals surface area contributed by atoms with Crippen LogP contribution in [0.4, 0.5) is 22.7 Å². The molecule has 2 unspecified atom stereocenters. The predicted octanol–water partition coefficient (Wildman–Crippen LogP) is 19.0. The number of aromatic nitrogens is 3. The van der Waals surface area contributed by atoms with E-state index in [1.807, 2.05) is 113 Å². The minimum atomic E-state index is -0.474. The standard InChI is InChI=1S/C28H36N4O2.C27H35N5O2.C18H27NO3.C14H17N3O.C14H19NO2.C13H17BrO3.C5H11N/c1-34-27-7-5-6-25(31-14-3-2-4-15-31)24(27)13-18-30-16-11-23(12-17-30)32-19-10-21-8-9-22(28(29)33)20-26(21)32;1-34-26-4-2-3-24(31-17-11-29-12-18-31)23(26)10-15-30-13-8-22(9-14-30)32-16-7-20-5-6-21(27(28)33)19-25(20)32;1-18(2)21-13-14(22-18)12-15-16(8-7-9-17(15)20-3)19-10-5-4-6-11-19;15-14(18)11-2-1-10-5-8-17(13(10)9-11)12-3-6-16-7-4-12;1-17-14-7-5-6-13(12(14)8-11-16)15-9-3-2-4-10-15;1-13(2)16-8-9(17-13)7-10-11(14)5-4-6-12(10)15-3;1-2-4-6-5-3-1/h5-10,19-20,23H,2-4,11-18H2,1H3,(H2,29,33);2-7,16,19,22,29H,8-15,17-18H2,1H3,(H2,28,33);7-9,14H,4-6,10-13H2,1-3H3;1-2,5,8-9,12,16H,3-4,6-7H2,(H2,15,18);5-7,11H,2-4,8-10H2,1H3;4-6,9H,7-8H2,1-3H3;6H,1-5H2. The number of methoxy groups -OCH3 is 5. The first-order valence-corrected chi connectivity index (χ1v) is 55.1. The maximum atomic E-state index is 11.7. The van der Waals surface area contributed by atoms with Gasteiger partial charge in [0.2, 0.25) is 17.7 Å². The number of nitrogens with one attached hydrogen (secondary N) is 3. The number of nitrogens with zero attached hydrogens (tertiary/aromatic N) is 9. The van der Waals surface area contributed by atoms with Crippen molar-refractivity contribution < 1.29 is 61.8 Å². The van der Waals surface area contributed by atoms with E-state index in [4.69, 9.17) is 59.8 Å². The predicted molar refractivity (Wildman–Crippen MR) is 599 cm³/mol. The van der Waals surface area contributed by atoms with E-state index < -0.39 is 11.6 Å². The SMILES string of the molecule is C1CCNCC1.COc1cccc(Br)c1CC1COC(C)(C)O1.COc1cccc(N2CCCCC2)c1CC1COC(C)(C)O1.COc1cccc(N2CCCCC2)c1CC=O.COc1cccc(N2CCCCC2)c1CCN1CCC(n2ccc3ccc(C(N)=O)cc32)CC1.COc1cccc(N2CCNCC2)c1CCN1CCC(n2ccc3ccc(C(N)=O)cc32)CC1.NC(=O)c1ccc2ccn(C3CCNCC3)c2c1. The van der Waals surface area contributed by atoms with Crippen LogP contribution < -0.4 is 76.4 Å². The summed E-state index contributed by atoms with van der Waals surface area (Å²) >= 11 is 3.55. The lowest BCUT2D eigenvalue weighted by Gasteiger charge is -2.34. The molecule has 10 aliphatic rings. The number of ether oxygens (including phenoxy) is 9. The number of benzene rings is 8. The molecule has 3 aromatic heterocycles. The molecular formula is C119H162BrN15O13. The lowest BCUT2D eigenvalue weighted by molar-refractivity contribution is -0.138. The molecule has 8 aromatic carbocycles. The number of anilines is 4. The molecule has 21 rings (SSSR count). The maximum Gasteiger partial charge on any atom is 0.248 e. The van der Waals surface area contributed by atoms with Crippen LogP contribution >= 0.6 is 15.9 Å². The molecule has 798 valence electrons. The summed E-state index contributed by atoms with van der Waals surface area (Å²) in [5.41, 5.74) is 32.6. The molecular weight excluding hydrogens is 1930 g/mol. The summed E-state index contributed by atoms with van der Waals surface area (Å²) in [6.07, 6.45) is 34.0. The number of nitrogens with two attached hydrogens (primary N) is 3. The minimum Gasteiger partial charge on any atom is -0.496 e. The zero-order valence-corrected chi connectivity index (χ0v) is 90.6. The largest absolute Gasteiger partial charge is 0.496 e. The van der Waals surface area contributed by atoms with Crippen LogP contribution in [0, 0.1) is 0 Å². The van der Waals surface area contributed by atoms with Gasteiger partial charge in [-0.2, -0.15) is 0 Å². The third-order valence-corrected chi connectivity index (χ3v) is 31.4. The average Bonchev–Trinajstić information content (AvgIpc) is 1.70. The third-order valence-electron chi connectivity index (χ3n) is 30.6. The zero-order chi connectivity index (χ0) is 104. The highest BCUT2D eigenvalue weighted by Crippen LogP contribution is 2.41. The third kappa shape index (κ3) is 30.0. The van der Waals surface area contributed by atoms with Crippen molar-refractivity contribution >= 4 is 95.4 Å². The fraction of sp³-hybridized carbons (Fsp3) is 0.513. The topological polar surface area (TPSA) is 300 Å². The minimum absolute atomic E-state index is 0.0811. The highest BCUT2D eigenvalue weighted by molar-refractivity contribution is 9.10. The van der Waals surface area contributed by atoms with E-state index in [-0.39, 0.29) is 29.9 Å². The number of primary amides is 3. The van der Waals surface area contributed by atoms with Crippen LogP contribution in [-0.4, -0.2) is 251 Å². The van der Waals surface area contributed by atoms with Gasteiger partial charge >= 0.3 is 0 Å². The Bertz CT molecular complexity index is 5880. The molecule has 0 saturated carbocycles. The van der Waals surface area contributed by atoms with E-state index in [0.29, 0.717) is 54.5 Å². The summed E-state index contributed by atoms with van der Waals surface area (Å²) < 4.78 is 58.9. The molecule has 2 atom stereocenters. The molecule has 11 aromatic rings. The van der Waals surface area contributed by atoms with E-state index in [0.717, 1.165) is 266 Å². The van der Waals surface area contributed by atoms with Crippen LogP contribution in [0.15, 0.2) is 187 Å². The molecule has 3 amide bonds. The zero-order valence-electron chi connectivity index (χ0n) is 89.0. The molecule has 148 heavy (non-hydrogen) atoms. The summed E-state index contributed by atoms with van der Waals surface area (Å²) in [6, 6.07) is 56.1. The van der Waals surface area contributed by atoms with Crippen LogP contribution in [-0.2, 0) is 55.8 Å². The van der Waals surface area contributed by atoms with Crippen molar-refractivity contribution in [1.29, 1.82) is 0 Å². The fourth-order valence-electron chi connectivity index (χ4n) is 22.7. The molecule has 0 radical (unpaired) electrons. The van der Waals surface area contributed by atoms with Gasteiger partial charge in [0, 0.05) is 249 Å². The van der Waals surface area contributed by atoms with Crippen molar-refractivity contribution in [1.82, 2.24) is 39.5 Å². The number of halogens is 1. The first-order valence-electron chi connectivity index (χ1n) is 54.3. The number of amides is 3. The van der Waals surface area contributed by atoms with Crippen LogP contribution in [0.3, 0.4) is 0 Å². The second kappa shape index (κ2) is 55.0. The fourth-order valence-corrected chi connectivity index (χ4v) is 23.2. The number of hydrogen-bond donors (Lipinski definition) is 6. The van der Waals surface area contributed by atoms with Gasteiger partial charge in [0.05, 0.1) is 61.0 Å². The van der Waals surface area contributed by atoms with Crippen molar-refractivity contribution in [3.63, 3.8) is 0 Å². The molecule has 29 heteroatoms. The van der Waals surface area contributed by atoms with Crippen LogP contribution in [0.25, 0.3) is 32.7 Å². The number of piperidine rings is 7. The Morgan fingerprint density at radius 2 is 0.682 bits per heavy atom. The van der Waals surface area contributed by atoms with E-state index in [2.05, 4.69) is 166 Å². The van der Waals surface area contributed by atoms with Crippen LogP contribution in [0.1, 0.15) is 220 Å². The number of fused-ring (bicyclic) bond motifs is 3. The number of carbonyl (C=O) groups excluding carboxylic acids is 4. The van der Waals surface area contributed by atoms with Gasteiger partial charge in [-0.05, 0) is 307 Å². The van der Waals surface area contributed by atoms with Gasteiger partial charge in [-0.3, -0.25) is 14.4 Å². The summed E-state index contributed by atoms with van der Waals surface area (Å²) in [5, 5.41) is 13.6. The summed E-state index contributed by atoms with van der Waals surface area (Å²) in [6.45, 7) is 30.9. The summed E-state index contributed by atoms with van der Waals surface area (Å²) in [5.74, 6) is 2.61. The average molecular weight is 2090 g/mol. The second-order valence-electron chi connectivity index (χ2n) is 41.3. The molecule has 10 saturated heterocycles. The molecule has 0 bridgehead atoms. The Labute approximate surface area is 885 Å². The Morgan fingerprint density at radius 1 is 0.365 bits per heavy atom. The van der Waals surface area contributed by atoms with Gasteiger partial charge in [0.1, 0.15) is 35.0 Å². The van der Waals surface area contributed by atoms with Gasteiger partial charge in [0.15, 0.2) is 11.6 Å². The number of rotatable bonds is 27. The Morgan fingerprint density at radius 3 is 1.03 bits per heavy atom. The van der Waals surface area contributed by atoms with Crippen LogP contribution in [0.5, 0.6) is 28.7 Å². The quantitative estimate of drug-likeness (QED) is 0.0261. The van der Waals surface area contributed by atoms with E-state index in [1.54, 1.807) is 41.6 Å². The number of piperazine rings is 1. The Balaban J connectivity index is 0.000000134. The molecule has 28 nitrogen and oxygen atoms in total. The number of likely N-dealkylation sites (tertiary alicyclic amines) is 2. The lowest BCUT2D eigenvalue weighted by Crippen LogP contribution is -2.44. The molecule has 10 aliphatic heterocycles. The maximum absolute atomic E-state index is 11.7. The van der Waals surface area contributed by atoms with Crippen molar-refractivity contribution in [2.45, 2.75) is 217 Å². The molecule has 10 fully saturated rings. The van der Waals surface area contributed by atoms with Gasteiger partial charge in [-0.25, -0.2) is 0 Å². The first-order chi connectivity index (χ1) is 72.0. The number of hydrogen-bond acceptors (Lipinski definition) is 22. The lowest BCUT2D eigenvalue weighted by atomic mass is 10.0. The summed E-state index contributed by atoms with van der Waals surface area (Å²) in [7, 11) is 8.64. The van der Waals surface area contributed by atoms with Gasteiger partial charge in [-0.15, -0.1) is 0 Å². The van der Waals surface area contributed by atoms with Crippen molar-refractivity contribution in [2.24, 2.45) is 17.2 Å². The van der Waals surface area contributed by atoms with Crippen molar-refractivity contribution in [3.8, 4) is 28.7 Å². The first kappa shape index (κ1) is 111. The molecule has 13 heterocycles. The normalized spacial score (nSPS) is 19.3. The molecule has 0 aliphatic carbocycles. The van der Waals surface area contributed by atoms with Crippen molar-refractivity contribution in [2.75, 3.05) is 199 Å². The number of carbonyl (C=O) groups is 4. The van der Waals surface area contributed by atoms with E-state index >= 15 is 0 Å². The highest BCUT2D eigenvalue weighted by Gasteiger charge is 2.37. The van der Waals surface area contributed by atoms with Crippen molar-refractivity contribution in [3.05, 3.63) is 231 Å².